The van der Waals surface area contributed by atoms with Gasteiger partial charge in [-0.15, -0.1) is 10.2 Å². The SMILES string of the molecule is NNc1ccccc1C(=O)N1CCn2cnnc2C1. The van der Waals surface area contributed by atoms with Gasteiger partial charge in [-0.05, 0) is 12.1 Å². The molecule has 1 amide bonds. The minimum absolute atomic E-state index is 0.0530. The molecule has 1 aromatic carbocycles. The molecule has 1 aromatic heterocycles. The summed E-state index contributed by atoms with van der Waals surface area (Å²) in [5.41, 5.74) is 3.74. The number of anilines is 1. The minimum Gasteiger partial charge on any atom is -0.329 e. The molecule has 0 aliphatic carbocycles. The van der Waals surface area contributed by atoms with Crippen LogP contribution in [-0.2, 0) is 13.1 Å². The van der Waals surface area contributed by atoms with Gasteiger partial charge in [0, 0.05) is 13.1 Å². The van der Waals surface area contributed by atoms with E-state index in [0.717, 1.165) is 5.82 Å². The second-order valence-corrected chi connectivity index (χ2v) is 4.36. The Hall–Kier alpha value is -2.41. The maximum absolute atomic E-state index is 12.5. The van der Waals surface area contributed by atoms with Crippen molar-refractivity contribution in [1.29, 1.82) is 0 Å². The van der Waals surface area contributed by atoms with Gasteiger partial charge in [-0.2, -0.15) is 0 Å². The molecule has 0 radical (unpaired) electrons. The molecule has 0 saturated heterocycles. The highest BCUT2D eigenvalue weighted by atomic mass is 16.2. The molecule has 0 unspecified atom stereocenters. The second-order valence-electron chi connectivity index (χ2n) is 4.36. The van der Waals surface area contributed by atoms with Gasteiger partial charge in [0.1, 0.15) is 6.33 Å². The van der Waals surface area contributed by atoms with E-state index >= 15 is 0 Å². The highest BCUT2D eigenvalue weighted by molar-refractivity contribution is 5.99. The molecule has 0 atom stereocenters. The van der Waals surface area contributed by atoms with Gasteiger partial charge in [-0.3, -0.25) is 10.6 Å². The number of fused-ring (bicyclic) bond motifs is 1. The van der Waals surface area contributed by atoms with E-state index in [0.29, 0.717) is 30.9 Å². The Morgan fingerprint density at radius 3 is 3.00 bits per heavy atom. The van der Waals surface area contributed by atoms with Crippen LogP contribution in [0.15, 0.2) is 30.6 Å². The number of nitrogen functional groups attached to an aromatic ring is 1. The van der Waals surface area contributed by atoms with E-state index < -0.39 is 0 Å². The predicted molar refractivity (Wildman–Crippen MR) is 69.0 cm³/mol. The average Bonchev–Trinajstić information content (AvgIpc) is 2.93. The first-order valence-corrected chi connectivity index (χ1v) is 6.01. The molecule has 98 valence electrons. The van der Waals surface area contributed by atoms with Gasteiger partial charge < -0.3 is 14.9 Å². The summed E-state index contributed by atoms with van der Waals surface area (Å²) in [6, 6.07) is 7.19. The van der Waals surface area contributed by atoms with Gasteiger partial charge in [0.2, 0.25) is 0 Å². The van der Waals surface area contributed by atoms with Crippen LogP contribution in [0.5, 0.6) is 0 Å². The van der Waals surface area contributed by atoms with Crippen LogP contribution in [0.1, 0.15) is 16.2 Å². The number of hydrogen-bond acceptors (Lipinski definition) is 5. The number of carbonyl (C=O) groups excluding carboxylic acids is 1. The number of nitrogens with two attached hydrogens (primary N) is 1. The molecule has 1 aliphatic rings. The van der Waals surface area contributed by atoms with E-state index in [-0.39, 0.29) is 5.91 Å². The van der Waals surface area contributed by atoms with Crippen LogP contribution in [0.25, 0.3) is 0 Å². The molecule has 0 fully saturated rings. The quantitative estimate of drug-likeness (QED) is 0.594. The Morgan fingerprint density at radius 2 is 2.16 bits per heavy atom. The molecule has 0 bridgehead atoms. The Kier molecular flexibility index (Phi) is 2.88. The van der Waals surface area contributed by atoms with Crippen molar-refractivity contribution in [2.45, 2.75) is 13.1 Å². The topological polar surface area (TPSA) is 89.1 Å². The minimum atomic E-state index is -0.0530. The zero-order valence-corrected chi connectivity index (χ0v) is 10.3. The molecule has 1 aliphatic heterocycles. The smallest absolute Gasteiger partial charge is 0.256 e. The van der Waals surface area contributed by atoms with Crippen LogP contribution < -0.4 is 11.3 Å². The van der Waals surface area contributed by atoms with Crippen molar-refractivity contribution >= 4 is 11.6 Å². The summed E-state index contributed by atoms with van der Waals surface area (Å²) in [7, 11) is 0. The fourth-order valence-electron chi connectivity index (χ4n) is 2.21. The molecule has 0 spiro atoms. The number of benzene rings is 1. The lowest BCUT2D eigenvalue weighted by molar-refractivity contribution is 0.0708. The van der Waals surface area contributed by atoms with Crippen LogP contribution in [-0.4, -0.2) is 32.1 Å². The van der Waals surface area contributed by atoms with Crippen molar-refractivity contribution in [3.63, 3.8) is 0 Å². The van der Waals surface area contributed by atoms with Crippen LogP contribution in [0.2, 0.25) is 0 Å². The summed E-state index contributed by atoms with van der Waals surface area (Å²) in [6.45, 7) is 1.83. The Labute approximate surface area is 110 Å². The highest BCUT2D eigenvalue weighted by Crippen LogP contribution is 2.19. The molecule has 3 rings (SSSR count). The maximum atomic E-state index is 12.5. The van der Waals surface area contributed by atoms with E-state index in [2.05, 4.69) is 15.6 Å². The molecular formula is C12H14N6O. The normalized spacial score (nSPS) is 14.1. The highest BCUT2D eigenvalue weighted by Gasteiger charge is 2.24. The predicted octanol–water partition coefficient (Wildman–Crippen LogP) is 0.220. The lowest BCUT2D eigenvalue weighted by Crippen LogP contribution is -2.38. The van der Waals surface area contributed by atoms with Gasteiger partial charge >= 0.3 is 0 Å². The van der Waals surface area contributed by atoms with E-state index in [1.165, 1.54) is 0 Å². The zero-order chi connectivity index (χ0) is 13.2. The molecule has 7 nitrogen and oxygen atoms in total. The third-order valence-corrected chi connectivity index (χ3v) is 3.24. The number of nitrogens with zero attached hydrogens (tertiary/aromatic N) is 4. The van der Waals surface area contributed by atoms with Crippen LogP contribution in [0.3, 0.4) is 0 Å². The summed E-state index contributed by atoms with van der Waals surface area (Å²) in [5, 5.41) is 7.85. The third-order valence-electron chi connectivity index (χ3n) is 3.24. The van der Waals surface area contributed by atoms with Gasteiger partial charge in [0.05, 0.1) is 17.8 Å². The molecular weight excluding hydrogens is 244 g/mol. The molecule has 7 heteroatoms. The Balaban J connectivity index is 1.85. The number of hydrazine groups is 1. The monoisotopic (exact) mass is 258 g/mol. The van der Waals surface area contributed by atoms with Crippen LogP contribution in [0.4, 0.5) is 5.69 Å². The lowest BCUT2D eigenvalue weighted by atomic mass is 10.1. The first-order chi connectivity index (χ1) is 9.29. The zero-order valence-electron chi connectivity index (χ0n) is 10.3. The van der Waals surface area contributed by atoms with Crippen molar-refractivity contribution in [3.8, 4) is 0 Å². The third kappa shape index (κ3) is 2.04. The molecule has 0 saturated carbocycles. The Bertz CT molecular complexity index is 608. The van der Waals surface area contributed by atoms with Crippen molar-refractivity contribution in [2.24, 2.45) is 5.84 Å². The first kappa shape index (κ1) is 11.7. The maximum Gasteiger partial charge on any atom is 0.256 e. The van der Waals surface area contributed by atoms with Gasteiger partial charge in [0.15, 0.2) is 5.82 Å². The number of para-hydroxylation sites is 1. The fourth-order valence-corrected chi connectivity index (χ4v) is 2.21. The average molecular weight is 258 g/mol. The largest absolute Gasteiger partial charge is 0.329 e. The van der Waals surface area contributed by atoms with E-state index in [9.17, 15) is 4.79 Å². The standard InChI is InChI=1S/C12H14N6O/c13-15-10-4-2-1-3-9(10)12(19)17-5-6-18-8-14-16-11(18)7-17/h1-4,8,15H,5-7,13H2. The lowest BCUT2D eigenvalue weighted by Gasteiger charge is -2.27. The van der Waals surface area contributed by atoms with Crippen molar-refractivity contribution in [3.05, 3.63) is 42.0 Å². The fraction of sp³-hybridized carbons (Fsp3) is 0.250. The number of nitrogens with one attached hydrogen (secondary N) is 1. The number of amides is 1. The number of aromatic nitrogens is 3. The van der Waals surface area contributed by atoms with Gasteiger partial charge in [-0.1, -0.05) is 12.1 Å². The molecule has 3 N–H and O–H groups in total. The van der Waals surface area contributed by atoms with Crippen LogP contribution in [0, 0.1) is 0 Å². The summed E-state index contributed by atoms with van der Waals surface area (Å²) >= 11 is 0. The van der Waals surface area contributed by atoms with Gasteiger partial charge in [-0.25, -0.2) is 0 Å². The second kappa shape index (κ2) is 4.69. The summed E-state index contributed by atoms with van der Waals surface area (Å²) < 4.78 is 1.96. The van der Waals surface area contributed by atoms with E-state index in [1.807, 2.05) is 16.7 Å². The number of carbonyl (C=O) groups is 1. The molecule has 2 heterocycles. The molecule has 19 heavy (non-hydrogen) atoms. The molecule has 2 aromatic rings. The summed E-state index contributed by atoms with van der Waals surface area (Å²) in [5.74, 6) is 6.18. The van der Waals surface area contributed by atoms with Gasteiger partial charge in [0.25, 0.3) is 5.91 Å². The summed E-state index contributed by atoms with van der Waals surface area (Å²) in [6.07, 6.45) is 1.69. The first-order valence-electron chi connectivity index (χ1n) is 6.01. The van der Waals surface area contributed by atoms with E-state index in [1.54, 1.807) is 23.4 Å². The van der Waals surface area contributed by atoms with Crippen LogP contribution >= 0.6 is 0 Å². The van der Waals surface area contributed by atoms with Crippen molar-refractivity contribution in [2.75, 3.05) is 12.0 Å². The van der Waals surface area contributed by atoms with Crippen molar-refractivity contribution < 1.29 is 4.79 Å². The van der Waals surface area contributed by atoms with E-state index in [4.69, 9.17) is 5.84 Å². The number of rotatable bonds is 2. The van der Waals surface area contributed by atoms with Crippen molar-refractivity contribution in [1.82, 2.24) is 19.7 Å². The number of hydrogen-bond donors (Lipinski definition) is 2. The Morgan fingerprint density at radius 1 is 1.32 bits per heavy atom. The summed E-state index contributed by atoms with van der Waals surface area (Å²) in [4.78, 5) is 14.2.